The Labute approximate surface area is 239 Å². The molecule has 218 valence electrons. The Hall–Kier alpha value is -1.95. The summed E-state index contributed by atoms with van der Waals surface area (Å²) in [6.45, 7) is 9.64. The van der Waals surface area contributed by atoms with Gasteiger partial charge < -0.3 is 14.8 Å². The summed E-state index contributed by atoms with van der Waals surface area (Å²) in [4.78, 5) is 28.7. The molecule has 1 aromatic heterocycles. The quantitative estimate of drug-likeness (QED) is 0.465. The molecule has 8 unspecified atom stereocenters. The molecule has 0 aromatic carbocycles. The van der Waals surface area contributed by atoms with Gasteiger partial charge in [-0.25, -0.2) is 0 Å². The van der Waals surface area contributed by atoms with E-state index in [2.05, 4.69) is 31.1 Å². The summed E-state index contributed by atoms with van der Waals surface area (Å²) in [6, 6.07) is 5.72. The van der Waals surface area contributed by atoms with E-state index in [1.54, 1.807) is 13.1 Å². The van der Waals surface area contributed by atoms with Crippen molar-refractivity contribution in [3.8, 4) is 0 Å². The van der Waals surface area contributed by atoms with E-state index in [1.807, 2.05) is 18.2 Å². The molecule has 10 atom stereocenters. The predicted molar refractivity (Wildman–Crippen MR) is 152 cm³/mol. The molecular formula is C34H48N2O4. The zero-order valence-corrected chi connectivity index (χ0v) is 24.9. The summed E-state index contributed by atoms with van der Waals surface area (Å²) >= 11 is 0. The van der Waals surface area contributed by atoms with Crippen molar-refractivity contribution in [2.45, 2.75) is 117 Å². The Balaban J connectivity index is 1.05. The molecule has 1 aromatic rings. The third-order valence-corrected chi connectivity index (χ3v) is 13.5. The molecule has 1 saturated heterocycles. The fraction of sp³-hybridized carbons (Fsp3) is 0.794. The first kappa shape index (κ1) is 26.9. The normalized spacial score (nSPS) is 46.0. The van der Waals surface area contributed by atoms with E-state index >= 15 is 0 Å². The second-order valence-electron chi connectivity index (χ2n) is 15.3. The average molecular weight is 549 g/mol. The predicted octanol–water partition coefficient (Wildman–Crippen LogP) is 5.88. The lowest BCUT2D eigenvalue weighted by Crippen LogP contribution is -2.55. The van der Waals surface area contributed by atoms with E-state index in [1.165, 1.54) is 51.4 Å². The molecule has 1 aliphatic heterocycles. The smallest absolute Gasteiger partial charge is 0.312 e. The van der Waals surface area contributed by atoms with Gasteiger partial charge in [-0.15, -0.1) is 0 Å². The van der Waals surface area contributed by atoms with Crippen LogP contribution in [0.15, 0.2) is 24.4 Å². The lowest BCUT2D eigenvalue weighted by Gasteiger charge is -2.59. The monoisotopic (exact) mass is 548 g/mol. The minimum atomic E-state index is -0.134. The van der Waals surface area contributed by atoms with Gasteiger partial charge in [-0.05, 0) is 116 Å². The van der Waals surface area contributed by atoms with Crippen molar-refractivity contribution >= 4 is 11.9 Å². The zero-order valence-electron chi connectivity index (χ0n) is 24.9. The largest absolute Gasteiger partial charge is 0.461 e. The summed E-state index contributed by atoms with van der Waals surface area (Å²) in [5.74, 6) is 2.77. The maximum absolute atomic E-state index is 12.9. The molecule has 0 bridgehead atoms. The molecule has 6 heteroatoms. The van der Waals surface area contributed by atoms with E-state index in [-0.39, 0.29) is 35.9 Å². The molecule has 1 N–H and O–H groups in total. The summed E-state index contributed by atoms with van der Waals surface area (Å²) < 4.78 is 12.9. The number of hydrogen-bond donors (Lipinski definition) is 1. The number of esters is 1. The molecule has 7 rings (SSSR count). The Morgan fingerprint density at radius 1 is 1.00 bits per heavy atom. The number of hydrogen-bond acceptors (Lipinski definition) is 5. The third kappa shape index (κ3) is 3.86. The number of amides is 1. The molecule has 1 amide bonds. The van der Waals surface area contributed by atoms with Crippen LogP contribution in [-0.2, 0) is 25.5 Å². The van der Waals surface area contributed by atoms with Crippen LogP contribution in [0.2, 0.25) is 0 Å². The van der Waals surface area contributed by atoms with Crippen LogP contribution in [0.1, 0.15) is 97.6 Å². The number of pyridine rings is 1. The van der Waals surface area contributed by atoms with E-state index < -0.39 is 0 Å². The summed E-state index contributed by atoms with van der Waals surface area (Å²) in [5, 5.41) is 2.99. The topological polar surface area (TPSA) is 77.5 Å². The van der Waals surface area contributed by atoms with Gasteiger partial charge in [-0.3, -0.25) is 14.6 Å². The SMILES string of the molecule is CC(=O)NCC1CCC2C(CC3C4CCC5C(C)(C)[C@@H](OC(=O)Cc6ccccn6)CCC56C[C@@]46CCC23C)O1. The van der Waals surface area contributed by atoms with Crippen LogP contribution in [0, 0.1) is 45.3 Å². The lowest BCUT2D eigenvalue weighted by molar-refractivity contribution is -0.175. The van der Waals surface area contributed by atoms with Crippen LogP contribution in [0.5, 0.6) is 0 Å². The zero-order chi connectivity index (χ0) is 27.9. The average Bonchev–Trinajstić information content (AvgIpc) is 3.50. The molecule has 5 aliphatic carbocycles. The van der Waals surface area contributed by atoms with Gasteiger partial charge in [0.05, 0.1) is 24.3 Å². The standard InChI is InChI=1S/C34H48N2O4/c1-21(37)36-19-23-8-9-25-27(39-23)18-26-24-10-11-28-31(2,3)29(40-30(38)17-22-7-5-6-16-35-22)12-13-34(28)20-33(24,34)15-14-32(25,26)4/h5-7,16,23-29H,8-15,17-20H2,1-4H3,(H,36,37)/t23?,24?,25?,26?,27?,28?,29-,32?,33-,34?/m0/s1. The van der Waals surface area contributed by atoms with E-state index in [0.29, 0.717) is 40.7 Å². The number of nitrogens with zero attached hydrogens (tertiary/aromatic N) is 1. The fourth-order valence-corrected chi connectivity index (χ4v) is 11.8. The van der Waals surface area contributed by atoms with Crippen LogP contribution in [-0.4, -0.2) is 41.7 Å². The Morgan fingerprint density at radius 2 is 1.82 bits per heavy atom. The molecule has 2 spiro atoms. The van der Waals surface area contributed by atoms with Crippen molar-refractivity contribution in [2.24, 2.45) is 45.3 Å². The van der Waals surface area contributed by atoms with Crippen molar-refractivity contribution in [3.05, 3.63) is 30.1 Å². The van der Waals surface area contributed by atoms with Crippen LogP contribution >= 0.6 is 0 Å². The van der Waals surface area contributed by atoms with Crippen LogP contribution in [0.3, 0.4) is 0 Å². The highest BCUT2D eigenvalue weighted by Gasteiger charge is 2.80. The minimum Gasteiger partial charge on any atom is -0.461 e. The second-order valence-corrected chi connectivity index (χ2v) is 15.3. The summed E-state index contributed by atoms with van der Waals surface area (Å²) in [5.41, 5.74) is 2.10. The number of rotatable bonds is 5. The Bertz CT molecular complexity index is 1170. The van der Waals surface area contributed by atoms with Crippen molar-refractivity contribution < 1.29 is 19.1 Å². The van der Waals surface area contributed by atoms with Crippen molar-refractivity contribution in [1.82, 2.24) is 10.3 Å². The maximum Gasteiger partial charge on any atom is 0.312 e. The first-order valence-electron chi connectivity index (χ1n) is 16.1. The van der Waals surface area contributed by atoms with Crippen molar-refractivity contribution in [2.75, 3.05) is 6.54 Å². The third-order valence-electron chi connectivity index (χ3n) is 13.5. The van der Waals surface area contributed by atoms with Crippen molar-refractivity contribution in [3.63, 3.8) is 0 Å². The number of ether oxygens (including phenoxy) is 2. The number of carbonyl (C=O) groups excluding carboxylic acids is 2. The molecule has 5 saturated carbocycles. The Morgan fingerprint density at radius 3 is 2.60 bits per heavy atom. The molecular weight excluding hydrogens is 500 g/mol. The highest BCUT2D eigenvalue weighted by atomic mass is 16.5. The summed E-state index contributed by atoms with van der Waals surface area (Å²) in [6.07, 6.45) is 14.9. The molecule has 0 radical (unpaired) electrons. The van der Waals surface area contributed by atoms with Gasteiger partial charge in [-0.2, -0.15) is 0 Å². The highest BCUT2D eigenvalue weighted by Crippen LogP contribution is 2.87. The van der Waals surface area contributed by atoms with Gasteiger partial charge >= 0.3 is 5.97 Å². The number of carbonyl (C=O) groups is 2. The van der Waals surface area contributed by atoms with Crippen LogP contribution in [0.25, 0.3) is 0 Å². The lowest BCUT2D eigenvalue weighted by atomic mass is 9.46. The molecule has 6 aliphatic rings. The van der Waals surface area contributed by atoms with Gasteiger partial charge in [0.2, 0.25) is 5.91 Å². The van der Waals surface area contributed by atoms with Gasteiger partial charge in [0.15, 0.2) is 0 Å². The van der Waals surface area contributed by atoms with Gasteiger partial charge in [0, 0.05) is 25.1 Å². The fourth-order valence-electron chi connectivity index (χ4n) is 11.8. The maximum atomic E-state index is 12.9. The molecule has 6 nitrogen and oxygen atoms in total. The number of nitrogens with one attached hydrogen (secondary N) is 1. The van der Waals surface area contributed by atoms with Crippen molar-refractivity contribution in [1.29, 1.82) is 0 Å². The van der Waals surface area contributed by atoms with E-state index in [0.717, 1.165) is 30.4 Å². The first-order chi connectivity index (χ1) is 19.1. The van der Waals surface area contributed by atoms with Gasteiger partial charge in [-0.1, -0.05) is 26.8 Å². The summed E-state index contributed by atoms with van der Waals surface area (Å²) in [7, 11) is 0. The van der Waals surface area contributed by atoms with Crippen LogP contribution in [0.4, 0.5) is 0 Å². The van der Waals surface area contributed by atoms with E-state index in [9.17, 15) is 9.59 Å². The van der Waals surface area contributed by atoms with Gasteiger partial charge in [0.25, 0.3) is 0 Å². The second kappa shape index (κ2) is 9.28. The highest BCUT2D eigenvalue weighted by molar-refractivity contribution is 5.73. The Kier molecular flexibility index (Phi) is 6.24. The first-order valence-corrected chi connectivity index (χ1v) is 16.1. The van der Waals surface area contributed by atoms with Crippen LogP contribution < -0.4 is 5.32 Å². The minimum absolute atomic E-state index is 0.00302. The number of aromatic nitrogens is 1. The van der Waals surface area contributed by atoms with E-state index in [4.69, 9.17) is 9.47 Å². The van der Waals surface area contributed by atoms with Gasteiger partial charge in [0.1, 0.15) is 6.10 Å². The number of fused-ring (bicyclic) bond motifs is 4. The molecule has 40 heavy (non-hydrogen) atoms. The molecule has 2 heterocycles. The molecule has 6 fully saturated rings.